The molecule has 2 nitrogen and oxygen atoms in total. The second-order valence-electron chi connectivity index (χ2n) is 16.2. The van der Waals surface area contributed by atoms with Crippen molar-refractivity contribution in [3.63, 3.8) is 0 Å². The first-order chi connectivity index (χ1) is 25.9. The van der Waals surface area contributed by atoms with E-state index in [0.717, 1.165) is 12.8 Å². The van der Waals surface area contributed by atoms with Crippen LogP contribution in [0.3, 0.4) is 0 Å². The van der Waals surface area contributed by atoms with E-state index in [9.17, 15) is 0 Å². The Hall–Kier alpha value is -4.95. The monoisotopic (exact) mass is 695 g/mol. The molecule has 0 saturated heterocycles. The van der Waals surface area contributed by atoms with Gasteiger partial charge >= 0.3 is 0 Å². The third-order valence-electron chi connectivity index (χ3n) is 12.7. The lowest BCUT2D eigenvalue weighted by Crippen LogP contribution is -2.34. The number of nitrogens with zero attached hydrogens (tertiary/aromatic N) is 2. The van der Waals surface area contributed by atoms with Crippen molar-refractivity contribution >= 4 is 17.1 Å². The summed E-state index contributed by atoms with van der Waals surface area (Å²) in [5, 5.41) is 0. The van der Waals surface area contributed by atoms with Crippen molar-refractivity contribution in [3.8, 4) is 0 Å². The van der Waals surface area contributed by atoms with Gasteiger partial charge in [-0.25, -0.2) is 0 Å². The van der Waals surface area contributed by atoms with E-state index in [0.29, 0.717) is 0 Å². The predicted molar refractivity (Wildman–Crippen MR) is 225 cm³/mol. The van der Waals surface area contributed by atoms with Crippen LogP contribution in [0.4, 0.5) is 11.4 Å². The van der Waals surface area contributed by atoms with Gasteiger partial charge in [-0.3, -0.25) is 0 Å². The summed E-state index contributed by atoms with van der Waals surface area (Å²) < 4.78 is 2.45. The lowest BCUT2D eigenvalue weighted by atomic mass is 9.70. The number of hydrogen-bond donors (Lipinski definition) is 0. The molecule has 4 aromatic rings. The molecule has 2 heterocycles. The summed E-state index contributed by atoms with van der Waals surface area (Å²) in [4.78, 5) is 2.45. The molecule has 4 aliphatic rings. The summed E-state index contributed by atoms with van der Waals surface area (Å²) in [7, 11) is 4.51. The second kappa shape index (κ2) is 14.8. The molecule has 0 bridgehead atoms. The van der Waals surface area contributed by atoms with E-state index in [1.165, 1.54) is 85.3 Å². The first-order valence-electron chi connectivity index (χ1n) is 20.0. The van der Waals surface area contributed by atoms with Crippen LogP contribution >= 0.6 is 0 Å². The smallest absolute Gasteiger partial charge is 0.209 e. The number of rotatable bonds is 9. The Morgan fingerprint density at radius 2 is 1.11 bits per heavy atom. The van der Waals surface area contributed by atoms with E-state index in [1.807, 2.05) is 0 Å². The highest BCUT2D eigenvalue weighted by molar-refractivity contribution is 6.04. The van der Waals surface area contributed by atoms with Crippen molar-refractivity contribution in [1.29, 1.82) is 0 Å². The van der Waals surface area contributed by atoms with E-state index < -0.39 is 0 Å². The van der Waals surface area contributed by atoms with Crippen molar-refractivity contribution in [2.24, 2.45) is 0 Å². The van der Waals surface area contributed by atoms with Crippen LogP contribution < -0.4 is 4.90 Å². The number of anilines is 1. The molecule has 0 aromatic heterocycles. The highest BCUT2D eigenvalue weighted by Gasteiger charge is 2.49. The zero-order valence-corrected chi connectivity index (χ0v) is 32.2. The molecule has 0 spiro atoms. The van der Waals surface area contributed by atoms with Crippen molar-refractivity contribution in [3.05, 3.63) is 190 Å². The summed E-state index contributed by atoms with van der Waals surface area (Å²) in [6, 6.07) is 31.6. The fourth-order valence-corrected chi connectivity index (χ4v) is 10.2. The van der Waals surface area contributed by atoms with Gasteiger partial charge in [0.25, 0.3) is 0 Å². The Labute approximate surface area is 318 Å². The summed E-state index contributed by atoms with van der Waals surface area (Å²) >= 11 is 0. The molecule has 0 amide bonds. The molecule has 2 atom stereocenters. The van der Waals surface area contributed by atoms with Gasteiger partial charge in [0.2, 0.25) is 5.69 Å². The number of aryl methyl sites for hydroxylation is 2. The Balaban J connectivity index is 1.01. The van der Waals surface area contributed by atoms with Crippen LogP contribution in [0.5, 0.6) is 0 Å². The zero-order chi connectivity index (χ0) is 36.4. The maximum Gasteiger partial charge on any atom is 0.209 e. The normalized spacial score (nSPS) is 23.2. The van der Waals surface area contributed by atoms with Crippen LogP contribution in [0.2, 0.25) is 0 Å². The fourth-order valence-electron chi connectivity index (χ4n) is 10.2. The van der Waals surface area contributed by atoms with Crippen LogP contribution in [0, 0.1) is 0 Å². The Morgan fingerprint density at radius 3 is 1.75 bits per heavy atom. The van der Waals surface area contributed by atoms with Crippen LogP contribution in [-0.2, 0) is 49.4 Å². The van der Waals surface area contributed by atoms with Gasteiger partial charge in [0.05, 0.1) is 5.41 Å². The van der Waals surface area contributed by atoms with Crippen LogP contribution in [0.15, 0.2) is 145 Å². The topological polar surface area (TPSA) is 6.25 Å². The van der Waals surface area contributed by atoms with Gasteiger partial charge in [-0.1, -0.05) is 115 Å². The third kappa shape index (κ3) is 6.52. The molecular formula is C51H55N2+. The number of likely N-dealkylation sites (N-methyl/N-ethyl adjacent to an activating group) is 1. The second-order valence-corrected chi connectivity index (χ2v) is 16.2. The average Bonchev–Trinajstić information content (AvgIpc) is 3.53. The van der Waals surface area contributed by atoms with Gasteiger partial charge < -0.3 is 4.90 Å². The van der Waals surface area contributed by atoms with Crippen molar-refractivity contribution in [1.82, 2.24) is 0 Å². The quantitative estimate of drug-likeness (QED) is 0.125. The minimum absolute atomic E-state index is 0.0775. The summed E-state index contributed by atoms with van der Waals surface area (Å²) in [6.45, 7) is 4.94. The maximum absolute atomic E-state index is 2.47. The van der Waals surface area contributed by atoms with Gasteiger partial charge in [0.15, 0.2) is 5.71 Å². The number of hydrogen-bond acceptors (Lipinski definition) is 1. The van der Waals surface area contributed by atoms with E-state index in [2.05, 4.69) is 177 Å². The van der Waals surface area contributed by atoms with Crippen LogP contribution in [0.1, 0.15) is 84.0 Å². The zero-order valence-electron chi connectivity index (χ0n) is 32.2. The van der Waals surface area contributed by atoms with Gasteiger partial charge in [0, 0.05) is 41.6 Å². The van der Waals surface area contributed by atoms with E-state index in [4.69, 9.17) is 0 Å². The van der Waals surface area contributed by atoms with Gasteiger partial charge in [0.1, 0.15) is 7.05 Å². The molecule has 2 aliphatic carbocycles. The van der Waals surface area contributed by atoms with Crippen molar-refractivity contribution < 1.29 is 4.58 Å². The van der Waals surface area contributed by atoms with Crippen LogP contribution in [-0.4, -0.2) is 24.4 Å². The SMILES string of the molecule is CN1/C(=C/C=C/C=C/C=C/C=C/C2=[N+](C)c3ccc4c(c3C2(C)Cc2ccccc2)CCCC4)C(C)(Cc2ccccc2)c2c1ccc1c2CCCC1. The number of allylic oxidation sites excluding steroid dienone is 10. The van der Waals surface area contributed by atoms with E-state index >= 15 is 0 Å². The van der Waals surface area contributed by atoms with Gasteiger partial charge in [-0.2, -0.15) is 4.58 Å². The number of fused-ring (bicyclic) bond motifs is 6. The molecule has 53 heavy (non-hydrogen) atoms. The predicted octanol–water partition coefficient (Wildman–Crippen LogP) is 11.4. The molecule has 0 fully saturated rings. The Morgan fingerprint density at radius 1 is 0.585 bits per heavy atom. The highest BCUT2D eigenvalue weighted by Crippen LogP contribution is 2.52. The molecule has 8 rings (SSSR count). The molecule has 2 unspecified atom stereocenters. The molecule has 2 aliphatic heterocycles. The molecule has 0 saturated carbocycles. The fraction of sp³-hybridized carbons (Fsp3) is 0.314. The molecule has 2 heteroatoms. The summed E-state index contributed by atoms with van der Waals surface area (Å²) in [6.07, 6.45) is 31.9. The lowest BCUT2D eigenvalue weighted by Gasteiger charge is -2.31. The Bertz CT molecular complexity index is 2180. The minimum Gasteiger partial charge on any atom is -0.347 e. The molecule has 0 N–H and O–H groups in total. The maximum atomic E-state index is 2.47. The lowest BCUT2D eigenvalue weighted by molar-refractivity contribution is -0.401. The minimum atomic E-state index is -0.0775. The number of benzene rings is 4. The van der Waals surface area contributed by atoms with Crippen molar-refractivity contribution in [2.75, 3.05) is 19.0 Å². The highest BCUT2D eigenvalue weighted by atomic mass is 15.2. The molecule has 268 valence electrons. The van der Waals surface area contributed by atoms with Gasteiger partial charge in [-0.15, -0.1) is 0 Å². The third-order valence-corrected chi connectivity index (χ3v) is 12.7. The van der Waals surface area contributed by atoms with Crippen molar-refractivity contribution in [2.45, 2.75) is 88.9 Å². The van der Waals surface area contributed by atoms with Crippen LogP contribution in [0.25, 0.3) is 0 Å². The molecule has 0 radical (unpaired) electrons. The molecule has 4 aromatic carbocycles. The van der Waals surface area contributed by atoms with E-state index in [1.54, 1.807) is 33.4 Å². The largest absolute Gasteiger partial charge is 0.347 e. The van der Waals surface area contributed by atoms with E-state index in [-0.39, 0.29) is 10.8 Å². The van der Waals surface area contributed by atoms with Gasteiger partial charge in [-0.05, 0) is 129 Å². The summed E-state index contributed by atoms with van der Waals surface area (Å²) in [5.41, 5.74) is 17.6. The average molecular weight is 696 g/mol. The molecular weight excluding hydrogens is 641 g/mol. The summed E-state index contributed by atoms with van der Waals surface area (Å²) in [5.74, 6) is 0. The first-order valence-corrected chi connectivity index (χ1v) is 20.0. The standard InChI is InChI=1S/C51H55N2/c1-50(36-38-22-12-10-13-23-38)46(52(3)44-34-32-40-26-18-20-28-42(40)48(44)50)30-16-8-6-5-7-9-17-31-47-51(2,37-39-24-14-11-15-25-39)49-43-29-21-19-27-41(43)33-35-45(49)53(47)4/h5-17,22-25,30-35H,18-21,26-29,36-37H2,1-4H3/q+1. The first kappa shape index (κ1) is 35.1. The Kier molecular flexibility index (Phi) is 9.81.